The van der Waals surface area contributed by atoms with Crippen molar-refractivity contribution in [1.29, 1.82) is 0 Å². The van der Waals surface area contributed by atoms with Crippen LogP contribution in [0.4, 0.5) is 5.69 Å². The zero-order chi connectivity index (χ0) is 24.2. The average Bonchev–Trinajstić information content (AvgIpc) is 2.80. The number of hydrogen-bond acceptors (Lipinski definition) is 7. The second kappa shape index (κ2) is 13.0. The van der Waals surface area contributed by atoms with Crippen molar-refractivity contribution in [1.82, 2.24) is 5.32 Å². The quantitative estimate of drug-likeness (QED) is 0.205. The molecule has 0 atom stereocenters. The lowest BCUT2D eigenvalue weighted by Crippen LogP contribution is -2.23. The number of hydrogen-bond donors (Lipinski definition) is 1. The van der Waals surface area contributed by atoms with Gasteiger partial charge in [-0.1, -0.05) is 12.1 Å². The van der Waals surface area contributed by atoms with Gasteiger partial charge in [0.05, 0.1) is 25.2 Å². The van der Waals surface area contributed by atoms with Gasteiger partial charge in [-0.2, -0.15) is 0 Å². The maximum Gasteiger partial charge on any atom is 0.310 e. The number of nitro benzene ring substituents is 1. The molecule has 0 radical (unpaired) electrons. The van der Waals surface area contributed by atoms with Gasteiger partial charge in [-0.05, 0) is 50.8 Å². The molecule has 0 saturated carbocycles. The zero-order valence-corrected chi connectivity index (χ0v) is 19.2. The van der Waals surface area contributed by atoms with Crippen molar-refractivity contribution in [3.8, 4) is 11.5 Å². The fourth-order valence-corrected chi connectivity index (χ4v) is 3.15. The summed E-state index contributed by atoms with van der Waals surface area (Å²) in [5.41, 5.74) is 1.90. The number of methoxy groups -OCH3 is 1. The Balaban J connectivity index is 1.91. The molecule has 0 heterocycles. The van der Waals surface area contributed by atoms with Crippen LogP contribution >= 0.6 is 0 Å². The third-order valence-corrected chi connectivity index (χ3v) is 4.89. The molecule has 1 amide bonds. The summed E-state index contributed by atoms with van der Waals surface area (Å²) in [5, 5.41) is 13.8. The van der Waals surface area contributed by atoms with Crippen molar-refractivity contribution in [2.24, 2.45) is 0 Å². The van der Waals surface area contributed by atoms with E-state index in [2.05, 4.69) is 5.32 Å². The third-order valence-electron chi connectivity index (χ3n) is 4.89. The molecule has 178 valence electrons. The monoisotopic (exact) mass is 458 g/mol. The van der Waals surface area contributed by atoms with E-state index in [4.69, 9.17) is 14.2 Å². The first-order valence-corrected chi connectivity index (χ1v) is 10.8. The summed E-state index contributed by atoms with van der Waals surface area (Å²) in [6.45, 7) is 4.86. The number of nitrogens with one attached hydrogen (secondary N) is 1. The van der Waals surface area contributed by atoms with Gasteiger partial charge in [0.1, 0.15) is 5.75 Å². The summed E-state index contributed by atoms with van der Waals surface area (Å²) in [4.78, 5) is 34.4. The Bertz CT molecular complexity index is 975. The van der Waals surface area contributed by atoms with Crippen molar-refractivity contribution in [2.45, 2.75) is 46.1 Å². The van der Waals surface area contributed by atoms with Crippen molar-refractivity contribution < 1.29 is 28.7 Å². The standard InChI is InChI=1S/C24H30N2O7/c1-4-32-23(27)8-6-5-7-13-33-21-14-17(2)9-10-19(21)16-25-24(28)18-11-12-20(26(29)30)22(15-18)31-3/h9-12,14-15H,4-8,13,16H2,1-3H3,(H,25,28). The van der Waals surface area contributed by atoms with Gasteiger partial charge < -0.3 is 19.5 Å². The second-order valence-corrected chi connectivity index (χ2v) is 7.40. The Morgan fingerprint density at radius 3 is 2.55 bits per heavy atom. The molecule has 0 spiro atoms. The van der Waals surface area contributed by atoms with Gasteiger partial charge in [-0.25, -0.2) is 0 Å². The van der Waals surface area contributed by atoms with Crippen LogP contribution in [0.2, 0.25) is 0 Å². The number of carbonyl (C=O) groups excluding carboxylic acids is 2. The number of nitrogens with zero attached hydrogens (tertiary/aromatic N) is 1. The summed E-state index contributed by atoms with van der Waals surface area (Å²) in [5.74, 6) is 0.145. The van der Waals surface area contributed by atoms with Crippen LogP contribution in [0.25, 0.3) is 0 Å². The molecule has 0 aliphatic carbocycles. The van der Waals surface area contributed by atoms with E-state index in [0.717, 1.165) is 30.4 Å². The first kappa shape index (κ1) is 25.6. The molecule has 1 N–H and O–H groups in total. The first-order valence-electron chi connectivity index (χ1n) is 10.8. The Hall–Kier alpha value is -3.62. The molecule has 33 heavy (non-hydrogen) atoms. The minimum Gasteiger partial charge on any atom is -0.493 e. The fourth-order valence-electron chi connectivity index (χ4n) is 3.15. The predicted octanol–water partition coefficient (Wildman–Crippen LogP) is 4.34. The number of ether oxygens (including phenoxy) is 3. The van der Waals surface area contributed by atoms with E-state index in [1.54, 1.807) is 6.92 Å². The lowest BCUT2D eigenvalue weighted by molar-refractivity contribution is -0.385. The minimum absolute atomic E-state index is 0.0231. The summed E-state index contributed by atoms with van der Waals surface area (Å²) < 4.78 is 15.9. The lowest BCUT2D eigenvalue weighted by Gasteiger charge is -2.14. The van der Waals surface area contributed by atoms with Crippen molar-refractivity contribution >= 4 is 17.6 Å². The van der Waals surface area contributed by atoms with E-state index < -0.39 is 4.92 Å². The van der Waals surface area contributed by atoms with Gasteiger partial charge in [-0.3, -0.25) is 19.7 Å². The van der Waals surface area contributed by atoms with Crippen molar-refractivity contribution in [3.63, 3.8) is 0 Å². The molecule has 0 aromatic heterocycles. The highest BCUT2D eigenvalue weighted by atomic mass is 16.6. The topological polar surface area (TPSA) is 117 Å². The summed E-state index contributed by atoms with van der Waals surface area (Å²) in [6, 6.07) is 9.71. The molecule has 0 bridgehead atoms. The maximum atomic E-state index is 12.6. The predicted molar refractivity (Wildman–Crippen MR) is 123 cm³/mol. The van der Waals surface area contributed by atoms with Crippen LogP contribution in [0, 0.1) is 17.0 Å². The van der Waals surface area contributed by atoms with Crippen LogP contribution in [0.3, 0.4) is 0 Å². The van der Waals surface area contributed by atoms with Gasteiger partial charge in [0.2, 0.25) is 0 Å². The molecular formula is C24H30N2O7. The molecule has 0 aliphatic heterocycles. The van der Waals surface area contributed by atoms with E-state index >= 15 is 0 Å². The normalized spacial score (nSPS) is 10.4. The smallest absolute Gasteiger partial charge is 0.310 e. The van der Waals surface area contributed by atoms with Crippen LogP contribution in [-0.4, -0.2) is 37.1 Å². The number of unbranched alkanes of at least 4 members (excludes halogenated alkanes) is 2. The van der Waals surface area contributed by atoms with Crippen molar-refractivity contribution in [2.75, 3.05) is 20.3 Å². The Morgan fingerprint density at radius 1 is 1.06 bits per heavy atom. The van der Waals surface area contributed by atoms with Gasteiger partial charge in [0.25, 0.3) is 5.91 Å². The van der Waals surface area contributed by atoms with Gasteiger partial charge >= 0.3 is 11.7 Å². The summed E-state index contributed by atoms with van der Waals surface area (Å²) in [6.07, 6.45) is 2.79. The van der Waals surface area contributed by atoms with Gasteiger partial charge in [0, 0.05) is 36.2 Å². The summed E-state index contributed by atoms with van der Waals surface area (Å²) >= 11 is 0. The number of nitro groups is 1. The molecule has 9 nitrogen and oxygen atoms in total. The first-order chi connectivity index (χ1) is 15.8. The maximum absolute atomic E-state index is 12.6. The SMILES string of the molecule is CCOC(=O)CCCCCOc1cc(C)ccc1CNC(=O)c1ccc([N+](=O)[O-])c(OC)c1. The average molecular weight is 459 g/mol. The highest BCUT2D eigenvalue weighted by molar-refractivity contribution is 5.95. The van der Waals surface area contributed by atoms with Crippen LogP contribution in [-0.2, 0) is 16.1 Å². The third kappa shape index (κ3) is 8.10. The Kier molecular flexibility index (Phi) is 10.1. The highest BCUT2D eigenvalue weighted by Crippen LogP contribution is 2.27. The van der Waals surface area contributed by atoms with E-state index in [-0.39, 0.29) is 35.4 Å². The Labute approximate surface area is 193 Å². The zero-order valence-electron chi connectivity index (χ0n) is 19.2. The van der Waals surface area contributed by atoms with Crippen LogP contribution < -0.4 is 14.8 Å². The van der Waals surface area contributed by atoms with Crippen LogP contribution in [0.15, 0.2) is 36.4 Å². The molecular weight excluding hydrogens is 428 g/mol. The molecule has 0 aliphatic rings. The Morgan fingerprint density at radius 2 is 1.85 bits per heavy atom. The van der Waals surface area contributed by atoms with Gasteiger partial charge in [0.15, 0.2) is 5.75 Å². The van der Waals surface area contributed by atoms with E-state index in [9.17, 15) is 19.7 Å². The highest BCUT2D eigenvalue weighted by Gasteiger charge is 2.17. The number of rotatable bonds is 13. The molecule has 0 saturated heterocycles. The van der Waals surface area contributed by atoms with Crippen molar-refractivity contribution in [3.05, 3.63) is 63.2 Å². The molecule has 2 aromatic rings. The fraction of sp³-hybridized carbons (Fsp3) is 0.417. The summed E-state index contributed by atoms with van der Waals surface area (Å²) in [7, 11) is 1.32. The second-order valence-electron chi connectivity index (χ2n) is 7.40. The number of esters is 1. The minimum atomic E-state index is -0.562. The number of carbonyl (C=O) groups is 2. The largest absolute Gasteiger partial charge is 0.493 e. The number of aryl methyl sites for hydroxylation is 1. The molecule has 2 aromatic carbocycles. The molecule has 9 heteroatoms. The van der Waals surface area contributed by atoms with Gasteiger partial charge in [-0.15, -0.1) is 0 Å². The van der Waals surface area contributed by atoms with E-state index in [1.165, 1.54) is 25.3 Å². The lowest BCUT2D eigenvalue weighted by atomic mass is 10.1. The van der Waals surface area contributed by atoms with E-state index in [1.807, 2.05) is 25.1 Å². The molecule has 2 rings (SSSR count). The van der Waals surface area contributed by atoms with Crippen LogP contribution in [0.1, 0.15) is 54.1 Å². The number of benzene rings is 2. The van der Waals surface area contributed by atoms with E-state index in [0.29, 0.717) is 25.4 Å². The molecule has 0 fully saturated rings. The number of amides is 1. The molecule has 0 unspecified atom stereocenters. The van der Waals surface area contributed by atoms with Crippen LogP contribution in [0.5, 0.6) is 11.5 Å².